The Kier molecular flexibility index (Phi) is 6.07. The number of rotatable bonds is 7. The third-order valence-electron chi connectivity index (χ3n) is 2.07. The predicted octanol–water partition coefficient (Wildman–Crippen LogP) is 1.90. The minimum atomic E-state index is -3.68. The molecule has 0 heterocycles. The molecular formula is C11H16BrNO4S. The molecule has 0 aliphatic heterocycles. The van der Waals surface area contributed by atoms with Crippen molar-refractivity contribution in [1.82, 2.24) is 0 Å². The molecule has 0 bridgehead atoms. The maximum Gasteiger partial charge on any atom is 0.238 e. The molecule has 1 rings (SSSR count). The van der Waals surface area contributed by atoms with Gasteiger partial charge >= 0.3 is 0 Å². The maximum absolute atomic E-state index is 11.1. The van der Waals surface area contributed by atoms with Crippen molar-refractivity contribution >= 4 is 26.0 Å². The first-order chi connectivity index (χ1) is 8.45. The van der Waals surface area contributed by atoms with Crippen LogP contribution in [0.2, 0.25) is 0 Å². The second-order valence-corrected chi connectivity index (χ2v) is 6.01. The summed E-state index contributed by atoms with van der Waals surface area (Å²) in [6.07, 6.45) is 0.965. The molecule has 0 saturated heterocycles. The number of nitrogens with two attached hydrogens (primary N) is 1. The Hall–Kier alpha value is -0.630. The molecule has 0 atom stereocenters. The van der Waals surface area contributed by atoms with Crippen molar-refractivity contribution in [3.8, 4) is 5.75 Å². The molecule has 7 heteroatoms. The zero-order valence-corrected chi connectivity index (χ0v) is 12.5. The fourth-order valence-electron chi connectivity index (χ4n) is 1.23. The number of hydrogen-bond acceptors (Lipinski definition) is 4. The van der Waals surface area contributed by atoms with Gasteiger partial charge in [0.25, 0.3) is 0 Å². The lowest BCUT2D eigenvalue weighted by molar-refractivity contribution is 0.100. The van der Waals surface area contributed by atoms with E-state index in [0.717, 1.165) is 6.42 Å². The number of halogens is 1. The van der Waals surface area contributed by atoms with Gasteiger partial charge in [0.15, 0.2) is 0 Å². The second-order valence-electron chi connectivity index (χ2n) is 3.60. The molecule has 1 aromatic rings. The quantitative estimate of drug-likeness (QED) is 0.770. The fourth-order valence-corrected chi connectivity index (χ4v) is 2.42. The van der Waals surface area contributed by atoms with E-state index in [1.807, 2.05) is 6.92 Å². The summed E-state index contributed by atoms with van der Waals surface area (Å²) in [7, 11) is -3.68. The van der Waals surface area contributed by atoms with E-state index in [4.69, 9.17) is 14.6 Å². The van der Waals surface area contributed by atoms with Gasteiger partial charge in [0, 0.05) is 6.61 Å². The Bertz CT molecular complexity index is 490. The maximum atomic E-state index is 11.1. The van der Waals surface area contributed by atoms with Crippen molar-refractivity contribution in [3.05, 3.63) is 22.7 Å². The van der Waals surface area contributed by atoms with Gasteiger partial charge in [-0.05, 0) is 40.5 Å². The fraction of sp³-hybridized carbons (Fsp3) is 0.455. The van der Waals surface area contributed by atoms with Gasteiger partial charge in [-0.2, -0.15) is 0 Å². The van der Waals surface area contributed by atoms with Gasteiger partial charge in [0.2, 0.25) is 10.0 Å². The van der Waals surface area contributed by atoms with Crippen molar-refractivity contribution in [2.24, 2.45) is 5.14 Å². The molecule has 0 radical (unpaired) electrons. The molecule has 0 aliphatic rings. The topological polar surface area (TPSA) is 78.6 Å². The molecule has 5 nitrogen and oxygen atoms in total. The van der Waals surface area contributed by atoms with Gasteiger partial charge in [-0.3, -0.25) is 0 Å². The van der Waals surface area contributed by atoms with E-state index in [9.17, 15) is 8.42 Å². The zero-order valence-electron chi connectivity index (χ0n) is 10.1. The molecule has 1 aromatic carbocycles. The van der Waals surface area contributed by atoms with Crippen LogP contribution >= 0.6 is 15.9 Å². The van der Waals surface area contributed by atoms with E-state index in [0.29, 0.717) is 30.0 Å². The van der Waals surface area contributed by atoms with Gasteiger partial charge < -0.3 is 9.47 Å². The van der Waals surface area contributed by atoms with Crippen LogP contribution < -0.4 is 9.88 Å². The molecule has 0 spiro atoms. The highest BCUT2D eigenvalue weighted by atomic mass is 79.9. The lowest BCUT2D eigenvalue weighted by atomic mass is 10.3. The van der Waals surface area contributed by atoms with E-state index in [1.54, 1.807) is 6.07 Å². The van der Waals surface area contributed by atoms with Crippen LogP contribution in [0, 0.1) is 0 Å². The van der Waals surface area contributed by atoms with Crippen LogP contribution in [0.1, 0.15) is 13.3 Å². The van der Waals surface area contributed by atoms with E-state index < -0.39 is 10.0 Å². The summed E-state index contributed by atoms with van der Waals surface area (Å²) in [6, 6.07) is 4.38. The molecule has 0 saturated carbocycles. The number of sulfonamides is 1. The van der Waals surface area contributed by atoms with Crippen LogP contribution in [0.5, 0.6) is 5.75 Å². The van der Waals surface area contributed by atoms with Crippen LogP contribution in [0.25, 0.3) is 0 Å². The molecule has 0 aromatic heterocycles. The van der Waals surface area contributed by atoms with Gasteiger partial charge in [-0.15, -0.1) is 0 Å². The SMILES string of the molecule is CCCOCCOc1ccc(S(N)(=O)=O)cc1Br. The smallest absolute Gasteiger partial charge is 0.238 e. The van der Waals surface area contributed by atoms with Gasteiger partial charge in [-0.25, -0.2) is 13.6 Å². The predicted molar refractivity (Wildman–Crippen MR) is 72.1 cm³/mol. The average Bonchev–Trinajstić information content (AvgIpc) is 2.29. The Balaban J connectivity index is 2.58. The number of ether oxygens (including phenoxy) is 2. The molecule has 0 aliphatic carbocycles. The van der Waals surface area contributed by atoms with E-state index >= 15 is 0 Å². The van der Waals surface area contributed by atoms with Gasteiger partial charge in [0.1, 0.15) is 12.4 Å². The first-order valence-corrected chi connectivity index (χ1v) is 7.82. The van der Waals surface area contributed by atoms with Gasteiger partial charge in [0.05, 0.1) is 16.0 Å². The summed E-state index contributed by atoms with van der Waals surface area (Å²) in [5, 5.41) is 5.02. The number of benzene rings is 1. The van der Waals surface area contributed by atoms with Crippen LogP contribution in [-0.4, -0.2) is 28.2 Å². The summed E-state index contributed by atoms with van der Waals surface area (Å²) in [5.74, 6) is 0.558. The molecule has 18 heavy (non-hydrogen) atoms. The van der Waals surface area contributed by atoms with E-state index in [1.165, 1.54) is 12.1 Å². The monoisotopic (exact) mass is 337 g/mol. The summed E-state index contributed by atoms with van der Waals surface area (Å²) in [5.41, 5.74) is 0. The molecule has 0 fully saturated rings. The zero-order chi connectivity index (χ0) is 13.6. The van der Waals surface area contributed by atoms with E-state index in [-0.39, 0.29) is 4.90 Å². The molecule has 2 N–H and O–H groups in total. The first kappa shape index (κ1) is 15.4. The largest absolute Gasteiger partial charge is 0.490 e. The summed E-state index contributed by atoms with van der Waals surface area (Å²) in [6.45, 7) is 3.64. The summed E-state index contributed by atoms with van der Waals surface area (Å²) < 4.78 is 33.5. The third kappa shape index (κ3) is 4.93. The lowest BCUT2D eigenvalue weighted by Gasteiger charge is -2.09. The van der Waals surface area contributed by atoms with Crippen LogP contribution in [0.4, 0.5) is 0 Å². The lowest BCUT2D eigenvalue weighted by Crippen LogP contribution is -2.12. The highest BCUT2D eigenvalue weighted by Gasteiger charge is 2.10. The molecule has 0 amide bonds. The Morgan fingerprint density at radius 2 is 2.00 bits per heavy atom. The standard InChI is InChI=1S/C11H16BrNO4S/c1-2-5-16-6-7-17-11-4-3-9(8-10(11)12)18(13,14)15/h3-4,8H,2,5-7H2,1H3,(H2,13,14,15). The van der Waals surface area contributed by atoms with Crippen LogP contribution in [-0.2, 0) is 14.8 Å². The summed E-state index contributed by atoms with van der Waals surface area (Å²) in [4.78, 5) is 0.0453. The third-order valence-corrected chi connectivity index (χ3v) is 3.60. The Morgan fingerprint density at radius 3 is 2.56 bits per heavy atom. The van der Waals surface area contributed by atoms with Crippen molar-refractivity contribution < 1.29 is 17.9 Å². The van der Waals surface area contributed by atoms with Crippen molar-refractivity contribution in [3.63, 3.8) is 0 Å². The van der Waals surface area contributed by atoms with Crippen LogP contribution in [0.3, 0.4) is 0 Å². The van der Waals surface area contributed by atoms with Gasteiger partial charge in [-0.1, -0.05) is 6.92 Å². The Labute approximate surface area is 115 Å². The first-order valence-electron chi connectivity index (χ1n) is 5.48. The summed E-state index contributed by atoms with van der Waals surface area (Å²) >= 11 is 3.24. The molecular weight excluding hydrogens is 322 g/mol. The van der Waals surface area contributed by atoms with Crippen LogP contribution in [0.15, 0.2) is 27.6 Å². The Morgan fingerprint density at radius 1 is 1.28 bits per heavy atom. The average molecular weight is 338 g/mol. The minimum Gasteiger partial charge on any atom is -0.490 e. The highest BCUT2D eigenvalue weighted by Crippen LogP contribution is 2.27. The van der Waals surface area contributed by atoms with E-state index in [2.05, 4.69) is 15.9 Å². The second kappa shape index (κ2) is 7.08. The van der Waals surface area contributed by atoms with Crippen molar-refractivity contribution in [1.29, 1.82) is 0 Å². The molecule has 0 unspecified atom stereocenters. The normalized spacial score (nSPS) is 11.5. The number of hydrogen-bond donors (Lipinski definition) is 1. The molecule has 102 valence electrons. The van der Waals surface area contributed by atoms with Crippen molar-refractivity contribution in [2.75, 3.05) is 19.8 Å². The van der Waals surface area contributed by atoms with Crippen molar-refractivity contribution in [2.45, 2.75) is 18.2 Å². The minimum absolute atomic E-state index is 0.0453. The highest BCUT2D eigenvalue weighted by molar-refractivity contribution is 9.10. The number of primary sulfonamides is 1.